The number of benzene rings is 2. The first-order chi connectivity index (χ1) is 8.66. The van der Waals surface area contributed by atoms with Crippen molar-refractivity contribution in [1.29, 1.82) is 0 Å². The van der Waals surface area contributed by atoms with E-state index < -0.39 is 0 Å². The van der Waals surface area contributed by atoms with Crippen LogP contribution in [-0.2, 0) is 0 Å². The summed E-state index contributed by atoms with van der Waals surface area (Å²) >= 11 is 0. The van der Waals surface area contributed by atoms with Gasteiger partial charge in [0.15, 0.2) is 0 Å². The number of nitrogens with one attached hydrogen (secondary N) is 1. The highest BCUT2D eigenvalue weighted by Gasteiger charge is 2.06. The van der Waals surface area contributed by atoms with Crippen LogP contribution in [0.25, 0.3) is 0 Å². The van der Waals surface area contributed by atoms with Crippen molar-refractivity contribution in [2.24, 2.45) is 5.73 Å². The highest BCUT2D eigenvalue weighted by Crippen LogP contribution is 2.16. The van der Waals surface area contributed by atoms with Crippen LogP contribution in [0.1, 0.15) is 28.9 Å². The van der Waals surface area contributed by atoms with Crippen LogP contribution in [0.5, 0.6) is 0 Å². The molecule has 0 saturated heterocycles. The molecule has 0 aliphatic carbocycles. The van der Waals surface area contributed by atoms with Gasteiger partial charge in [-0.1, -0.05) is 30.3 Å². The molecule has 1 amide bonds. The van der Waals surface area contributed by atoms with Crippen molar-refractivity contribution in [2.45, 2.75) is 13.0 Å². The Kier molecular flexibility index (Phi) is 3.75. The molecule has 1 atom stereocenters. The van der Waals surface area contributed by atoms with Crippen LogP contribution in [0.15, 0.2) is 54.6 Å². The number of carbonyl (C=O) groups excluding carboxylic acids is 1. The van der Waals surface area contributed by atoms with Crippen LogP contribution < -0.4 is 11.1 Å². The summed E-state index contributed by atoms with van der Waals surface area (Å²) in [7, 11) is 0. The first-order valence-corrected chi connectivity index (χ1v) is 5.89. The Morgan fingerprint density at radius 1 is 1.11 bits per heavy atom. The summed E-state index contributed by atoms with van der Waals surface area (Å²) in [4.78, 5) is 12.0. The summed E-state index contributed by atoms with van der Waals surface area (Å²) in [6, 6.07) is 16.7. The molecule has 0 saturated carbocycles. The van der Waals surface area contributed by atoms with E-state index in [1.807, 2.05) is 49.4 Å². The van der Waals surface area contributed by atoms with Gasteiger partial charge in [-0.2, -0.15) is 0 Å². The molecule has 0 aliphatic rings. The number of hydrogen-bond donors (Lipinski definition) is 2. The molecule has 0 aliphatic heterocycles. The second-order valence-corrected chi connectivity index (χ2v) is 4.23. The standard InChI is InChI=1S/C15H16N2O/c1-11(16)13-8-5-9-14(10-13)17-15(18)12-6-3-2-4-7-12/h2-11H,16H2,1H3,(H,17,18)/t11-/m1/s1. The molecule has 0 radical (unpaired) electrons. The normalized spacial score (nSPS) is 11.9. The number of nitrogens with two attached hydrogens (primary N) is 1. The maximum absolute atomic E-state index is 12.0. The van der Waals surface area contributed by atoms with Gasteiger partial charge in [0.25, 0.3) is 5.91 Å². The van der Waals surface area contributed by atoms with E-state index in [0.29, 0.717) is 5.56 Å². The van der Waals surface area contributed by atoms with Crippen LogP contribution in [0.2, 0.25) is 0 Å². The van der Waals surface area contributed by atoms with E-state index in [2.05, 4.69) is 5.32 Å². The van der Waals surface area contributed by atoms with Crippen molar-refractivity contribution in [1.82, 2.24) is 0 Å². The van der Waals surface area contributed by atoms with E-state index >= 15 is 0 Å². The van der Waals surface area contributed by atoms with Crippen molar-refractivity contribution in [3.8, 4) is 0 Å². The van der Waals surface area contributed by atoms with Crippen molar-refractivity contribution in [3.05, 3.63) is 65.7 Å². The van der Waals surface area contributed by atoms with Gasteiger partial charge in [0.2, 0.25) is 0 Å². The molecule has 3 heteroatoms. The quantitative estimate of drug-likeness (QED) is 0.866. The molecule has 92 valence electrons. The lowest BCUT2D eigenvalue weighted by Crippen LogP contribution is -2.12. The summed E-state index contributed by atoms with van der Waals surface area (Å²) in [5.74, 6) is -0.113. The molecule has 18 heavy (non-hydrogen) atoms. The number of hydrogen-bond acceptors (Lipinski definition) is 2. The maximum atomic E-state index is 12.0. The monoisotopic (exact) mass is 240 g/mol. The summed E-state index contributed by atoms with van der Waals surface area (Å²) in [6.45, 7) is 1.91. The van der Waals surface area contributed by atoms with Crippen molar-refractivity contribution in [2.75, 3.05) is 5.32 Å². The molecule has 3 nitrogen and oxygen atoms in total. The Labute approximate surface area is 107 Å². The van der Waals surface area contributed by atoms with E-state index in [9.17, 15) is 4.79 Å². The zero-order chi connectivity index (χ0) is 13.0. The fourth-order valence-corrected chi connectivity index (χ4v) is 1.69. The fourth-order valence-electron chi connectivity index (χ4n) is 1.69. The van der Waals surface area contributed by atoms with Crippen LogP contribution in [0.4, 0.5) is 5.69 Å². The van der Waals surface area contributed by atoms with Gasteiger partial charge < -0.3 is 11.1 Å². The third kappa shape index (κ3) is 2.96. The minimum absolute atomic E-state index is 0.0430. The van der Waals surface area contributed by atoms with Crippen molar-refractivity contribution >= 4 is 11.6 Å². The SMILES string of the molecule is C[C@@H](N)c1cccc(NC(=O)c2ccccc2)c1. The van der Waals surface area contributed by atoms with Crippen molar-refractivity contribution in [3.63, 3.8) is 0 Å². The number of anilines is 1. The second-order valence-electron chi connectivity index (χ2n) is 4.23. The number of amides is 1. The van der Waals surface area contributed by atoms with Gasteiger partial charge in [-0.25, -0.2) is 0 Å². The lowest BCUT2D eigenvalue weighted by atomic mass is 10.1. The Morgan fingerprint density at radius 3 is 2.50 bits per heavy atom. The number of carbonyl (C=O) groups is 1. The highest BCUT2D eigenvalue weighted by molar-refractivity contribution is 6.04. The van der Waals surface area contributed by atoms with Gasteiger partial charge in [0.05, 0.1) is 0 Å². The largest absolute Gasteiger partial charge is 0.324 e. The molecule has 0 spiro atoms. The Hall–Kier alpha value is -2.13. The predicted molar refractivity (Wildman–Crippen MR) is 73.4 cm³/mol. The summed E-state index contributed by atoms with van der Waals surface area (Å²) in [5, 5.41) is 2.86. The molecule has 2 rings (SSSR count). The Morgan fingerprint density at radius 2 is 1.83 bits per heavy atom. The third-order valence-electron chi connectivity index (χ3n) is 2.71. The zero-order valence-corrected chi connectivity index (χ0v) is 10.3. The van der Waals surface area contributed by atoms with Crippen LogP contribution >= 0.6 is 0 Å². The van der Waals surface area contributed by atoms with Gasteiger partial charge in [-0.15, -0.1) is 0 Å². The van der Waals surface area contributed by atoms with E-state index in [-0.39, 0.29) is 11.9 Å². The topological polar surface area (TPSA) is 55.1 Å². The molecule has 0 bridgehead atoms. The predicted octanol–water partition coefficient (Wildman–Crippen LogP) is 2.96. The first-order valence-electron chi connectivity index (χ1n) is 5.89. The Bertz CT molecular complexity index is 535. The molecule has 0 unspecified atom stereocenters. The van der Waals surface area contributed by atoms with Gasteiger partial charge in [0.1, 0.15) is 0 Å². The van der Waals surface area contributed by atoms with Gasteiger partial charge in [-0.05, 0) is 36.8 Å². The lowest BCUT2D eigenvalue weighted by Gasteiger charge is -2.09. The smallest absolute Gasteiger partial charge is 0.255 e. The average molecular weight is 240 g/mol. The third-order valence-corrected chi connectivity index (χ3v) is 2.71. The lowest BCUT2D eigenvalue weighted by molar-refractivity contribution is 0.102. The van der Waals surface area contributed by atoms with Gasteiger partial charge in [0, 0.05) is 17.3 Å². The molecule has 0 aromatic heterocycles. The average Bonchev–Trinajstić information content (AvgIpc) is 2.40. The van der Waals surface area contributed by atoms with Crippen LogP contribution in [0.3, 0.4) is 0 Å². The number of rotatable bonds is 3. The van der Waals surface area contributed by atoms with E-state index in [0.717, 1.165) is 11.3 Å². The van der Waals surface area contributed by atoms with Crippen LogP contribution in [-0.4, -0.2) is 5.91 Å². The van der Waals surface area contributed by atoms with Gasteiger partial charge in [-0.3, -0.25) is 4.79 Å². The summed E-state index contributed by atoms with van der Waals surface area (Å²) in [5.41, 5.74) is 8.22. The Balaban J connectivity index is 2.15. The minimum Gasteiger partial charge on any atom is -0.324 e. The zero-order valence-electron chi connectivity index (χ0n) is 10.3. The molecular weight excluding hydrogens is 224 g/mol. The van der Waals surface area contributed by atoms with E-state index in [1.165, 1.54) is 0 Å². The van der Waals surface area contributed by atoms with E-state index in [1.54, 1.807) is 12.1 Å². The summed E-state index contributed by atoms with van der Waals surface area (Å²) < 4.78 is 0. The van der Waals surface area contributed by atoms with Gasteiger partial charge >= 0.3 is 0 Å². The fraction of sp³-hybridized carbons (Fsp3) is 0.133. The molecular formula is C15H16N2O. The van der Waals surface area contributed by atoms with Crippen LogP contribution in [0, 0.1) is 0 Å². The first kappa shape index (κ1) is 12.3. The highest BCUT2D eigenvalue weighted by atomic mass is 16.1. The molecule has 2 aromatic rings. The second kappa shape index (κ2) is 5.47. The maximum Gasteiger partial charge on any atom is 0.255 e. The molecule has 0 fully saturated rings. The molecule has 0 heterocycles. The minimum atomic E-state index is -0.113. The molecule has 3 N–H and O–H groups in total. The summed E-state index contributed by atoms with van der Waals surface area (Å²) in [6.07, 6.45) is 0. The van der Waals surface area contributed by atoms with Crippen molar-refractivity contribution < 1.29 is 4.79 Å². The van der Waals surface area contributed by atoms with E-state index in [4.69, 9.17) is 5.73 Å². The molecule has 2 aromatic carbocycles.